The summed E-state index contributed by atoms with van der Waals surface area (Å²) >= 11 is 0. The fourth-order valence-corrected chi connectivity index (χ4v) is 6.07. The van der Waals surface area contributed by atoms with Gasteiger partial charge in [0.2, 0.25) is 0 Å². The van der Waals surface area contributed by atoms with Crippen molar-refractivity contribution in [3.05, 3.63) is 0 Å². The number of piperazine rings is 1. The van der Waals surface area contributed by atoms with Crippen LogP contribution in [0.1, 0.15) is 80.1 Å². The number of likely N-dealkylation sites (tertiary alicyclic amines) is 1. The molecule has 8 nitrogen and oxygen atoms in total. The molecule has 2 saturated heterocycles. The summed E-state index contributed by atoms with van der Waals surface area (Å²) in [6.45, 7) is 14.7. The van der Waals surface area contributed by atoms with E-state index in [1.165, 1.54) is 0 Å². The fraction of sp³-hybridized carbons (Fsp3) is 0.926. The molecule has 3 rings (SSSR count). The van der Waals surface area contributed by atoms with Crippen LogP contribution in [0.25, 0.3) is 0 Å². The van der Waals surface area contributed by atoms with Crippen molar-refractivity contribution in [2.24, 2.45) is 5.92 Å². The lowest BCUT2D eigenvalue weighted by atomic mass is 9.87. The molecule has 3 atom stereocenters. The van der Waals surface area contributed by atoms with E-state index in [4.69, 9.17) is 14.2 Å². The monoisotopic (exact) mass is 513 g/mol. The van der Waals surface area contributed by atoms with E-state index in [1.54, 1.807) is 0 Å². The van der Waals surface area contributed by atoms with Crippen LogP contribution in [0.15, 0.2) is 0 Å². The van der Waals surface area contributed by atoms with Crippen LogP contribution >= 0.6 is 0 Å². The molecule has 1 unspecified atom stereocenters. The van der Waals surface area contributed by atoms with Gasteiger partial charge in [0, 0.05) is 44.8 Å². The van der Waals surface area contributed by atoms with Gasteiger partial charge in [-0.15, -0.1) is 0 Å². The number of carbonyl (C=O) groups excluding carboxylic acids is 2. The van der Waals surface area contributed by atoms with Gasteiger partial charge in [0.15, 0.2) is 0 Å². The van der Waals surface area contributed by atoms with Crippen LogP contribution in [-0.2, 0) is 23.8 Å². The third-order valence-electron chi connectivity index (χ3n) is 7.70. The van der Waals surface area contributed by atoms with Gasteiger partial charge in [-0.3, -0.25) is 14.6 Å². The standard InChI is InChI=1S/C27H48FN3O5/c1-7-34-24(32)22-10-12-23(13-11-22)35-27(29-15-8-9-16-29,25(33)36-26(4,5)6)30-18-20(2)31(17-14-28)21(3)19-30/h20-23H,7-19H2,1-6H3/t20-,21+,22?,23?,27?. The van der Waals surface area contributed by atoms with E-state index in [0.717, 1.165) is 25.9 Å². The summed E-state index contributed by atoms with van der Waals surface area (Å²) in [5.41, 5.74) is -0.666. The van der Waals surface area contributed by atoms with E-state index in [1.807, 2.05) is 27.7 Å². The lowest BCUT2D eigenvalue weighted by molar-refractivity contribution is -0.285. The molecule has 2 heterocycles. The number of nitrogens with zero attached hydrogens (tertiary/aromatic N) is 3. The van der Waals surface area contributed by atoms with Crippen LogP contribution in [0.4, 0.5) is 4.39 Å². The molecular formula is C27H48FN3O5. The first-order valence-electron chi connectivity index (χ1n) is 13.9. The Morgan fingerprint density at radius 1 is 0.944 bits per heavy atom. The van der Waals surface area contributed by atoms with Gasteiger partial charge in [0.25, 0.3) is 5.85 Å². The van der Waals surface area contributed by atoms with Crippen LogP contribution < -0.4 is 0 Å². The highest BCUT2D eigenvalue weighted by Crippen LogP contribution is 2.38. The number of carbonyl (C=O) groups is 2. The van der Waals surface area contributed by atoms with Crippen LogP contribution in [0.3, 0.4) is 0 Å². The Morgan fingerprint density at radius 3 is 2.03 bits per heavy atom. The Labute approximate surface area is 216 Å². The van der Waals surface area contributed by atoms with Crippen LogP contribution in [0.2, 0.25) is 0 Å². The zero-order valence-electron chi connectivity index (χ0n) is 23.3. The van der Waals surface area contributed by atoms with Crippen molar-refractivity contribution in [3.8, 4) is 0 Å². The van der Waals surface area contributed by atoms with Gasteiger partial charge in [0.1, 0.15) is 12.3 Å². The molecule has 3 aliphatic rings. The smallest absolute Gasteiger partial charge is 0.371 e. The number of esters is 2. The highest BCUT2D eigenvalue weighted by molar-refractivity contribution is 5.79. The minimum absolute atomic E-state index is 0.0667. The van der Waals surface area contributed by atoms with Crippen molar-refractivity contribution < 1.29 is 28.2 Å². The molecule has 36 heavy (non-hydrogen) atoms. The zero-order chi connectivity index (χ0) is 26.5. The van der Waals surface area contributed by atoms with Crippen molar-refractivity contribution in [1.29, 1.82) is 0 Å². The van der Waals surface area contributed by atoms with E-state index in [0.29, 0.717) is 51.9 Å². The van der Waals surface area contributed by atoms with Gasteiger partial charge < -0.3 is 14.2 Å². The normalized spacial score (nSPS) is 30.6. The SMILES string of the molecule is CCOC(=O)C1CCC(OC(C(=O)OC(C)(C)C)(N2CCCC2)N2C[C@@H](C)N(CCF)[C@@H](C)C2)CC1. The Balaban J connectivity index is 1.90. The second-order valence-electron chi connectivity index (χ2n) is 11.7. The molecule has 0 aromatic heterocycles. The predicted octanol–water partition coefficient (Wildman–Crippen LogP) is 3.58. The van der Waals surface area contributed by atoms with Crippen LogP contribution in [0, 0.1) is 5.92 Å². The molecule has 0 spiro atoms. The lowest BCUT2D eigenvalue weighted by Crippen LogP contribution is -2.73. The minimum Gasteiger partial charge on any atom is -0.466 e. The van der Waals surface area contributed by atoms with Gasteiger partial charge in [0.05, 0.1) is 18.6 Å². The quantitative estimate of drug-likeness (QED) is 0.434. The first-order valence-corrected chi connectivity index (χ1v) is 13.9. The summed E-state index contributed by atoms with van der Waals surface area (Å²) in [5, 5.41) is 0. The number of halogens is 1. The summed E-state index contributed by atoms with van der Waals surface area (Å²) in [4.78, 5) is 32.9. The van der Waals surface area contributed by atoms with E-state index >= 15 is 0 Å². The highest BCUT2D eigenvalue weighted by atomic mass is 19.1. The molecule has 9 heteroatoms. The van der Waals surface area contributed by atoms with Crippen molar-refractivity contribution in [3.63, 3.8) is 0 Å². The van der Waals surface area contributed by atoms with E-state index in [9.17, 15) is 14.0 Å². The molecule has 0 aromatic rings. The Kier molecular flexibility index (Phi) is 10.2. The molecule has 2 aliphatic heterocycles. The second-order valence-corrected chi connectivity index (χ2v) is 11.7. The fourth-order valence-electron chi connectivity index (χ4n) is 6.07. The molecule has 0 N–H and O–H groups in total. The van der Waals surface area contributed by atoms with Crippen LogP contribution in [-0.4, -0.2) is 102 Å². The summed E-state index contributed by atoms with van der Waals surface area (Å²) in [6.07, 6.45) is 4.57. The topological polar surface area (TPSA) is 71.5 Å². The van der Waals surface area contributed by atoms with Crippen molar-refractivity contribution in [2.45, 2.75) is 110 Å². The summed E-state index contributed by atoms with van der Waals surface area (Å²) < 4.78 is 31.5. The molecule has 0 aromatic carbocycles. The van der Waals surface area contributed by atoms with Crippen molar-refractivity contribution in [1.82, 2.24) is 14.7 Å². The number of hydrogen-bond acceptors (Lipinski definition) is 8. The predicted molar refractivity (Wildman–Crippen MR) is 136 cm³/mol. The maximum absolute atomic E-state index is 14.1. The highest BCUT2D eigenvalue weighted by Gasteiger charge is 2.57. The Morgan fingerprint density at radius 2 is 1.53 bits per heavy atom. The van der Waals surface area contributed by atoms with Crippen LogP contribution in [0.5, 0.6) is 0 Å². The summed E-state index contributed by atoms with van der Waals surface area (Å²) in [7, 11) is 0. The number of ether oxygens (including phenoxy) is 3. The maximum atomic E-state index is 14.1. The lowest BCUT2D eigenvalue weighted by Gasteiger charge is -2.54. The van der Waals surface area contributed by atoms with Gasteiger partial charge in [-0.25, -0.2) is 14.1 Å². The maximum Gasteiger partial charge on any atom is 0.371 e. The number of alkyl halides is 1. The second kappa shape index (κ2) is 12.5. The van der Waals surface area contributed by atoms with Crippen molar-refractivity contribution >= 4 is 11.9 Å². The van der Waals surface area contributed by atoms with Crippen molar-refractivity contribution in [2.75, 3.05) is 46.0 Å². The molecule has 208 valence electrons. The Bertz CT molecular complexity index is 721. The van der Waals surface area contributed by atoms with E-state index in [2.05, 4.69) is 28.5 Å². The average Bonchev–Trinajstić information content (AvgIpc) is 3.34. The minimum atomic E-state index is -1.34. The number of rotatable bonds is 9. The average molecular weight is 514 g/mol. The summed E-state index contributed by atoms with van der Waals surface area (Å²) in [6, 6.07) is 0.133. The van der Waals surface area contributed by atoms with Gasteiger partial charge in [-0.05, 0) is 80.1 Å². The molecule has 3 fully saturated rings. The molecular weight excluding hydrogens is 465 g/mol. The molecule has 1 aliphatic carbocycles. The largest absolute Gasteiger partial charge is 0.466 e. The van der Waals surface area contributed by atoms with Gasteiger partial charge >= 0.3 is 11.9 Å². The van der Waals surface area contributed by atoms with E-state index in [-0.39, 0.29) is 36.0 Å². The number of hydrogen-bond donors (Lipinski definition) is 0. The van der Waals surface area contributed by atoms with E-state index < -0.39 is 18.1 Å². The molecule has 1 saturated carbocycles. The zero-order valence-corrected chi connectivity index (χ0v) is 23.3. The summed E-state index contributed by atoms with van der Waals surface area (Å²) in [5.74, 6) is -1.96. The molecule has 0 amide bonds. The first kappa shape index (κ1) is 29.3. The third kappa shape index (κ3) is 6.77. The Hall–Kier alpha value is -1.29. The third-order valence-corrected chi connectivity index (χ3v) is 7.70. The molecule has 0 radical (unpaired) electrons. The first-order chi connectivity index (χ1) is 17.0. The van der Waals surface area contributed by atoms with Gasteiger partial charge in [-0.2, -0.15) is 0 Å². The molecule has 0 bridgehead atoms. The van der Waals surface area contributed by atoms with Gasteiger partial charge in [-0.1, -0.05) is 0 Å².